The largest absolute Gasteiger partial charge is 0.478 e. The molecule has 0 aliphatic rings. The van der Waals surface area contributed by atoms with E-state index in [0.717, 1.165) is 23.7 Å². The molecule has 1 N–H and O–H groups in total. The molecule has 100 valence electrons. The highest BCUT2D eigenvalue weighted by atomic mass is 32.2. The van der Waals surface area contributed by atoms with Crippen molar-refractivity contribution in [2.75, 3.05) is 0 Å². The number of hydrogen-bond acceptors (Lipinski definition) is 5. The lowest BCUT2D eigenvalue weighted by molar-refractivity contribution is 0.0693. The lowest BCUT2D eigenvalue weighted by Crippen LogP contribution is -2.04. The van der Waals surface area contributed by atoms with Crippen LogP contribution in [0.25, 0.3) is 0 Å². The first-order chi connectivity index (χ1) is 9.22. The van der Waals surface area contributed by atoms with Crippen molar-refractivity contribution in [1.82, 2.24) is 20.2 Å². The van der Waals surface area contributed by atoms with Crippen LogP contribution in [0.15, 0.2) is 29.2 Å². The highest BCUT2D eigenvalue weighted by Crippen LogP contribution is 2.25. The molecule has 19 heavy (non-hydrogen) atoms. The van der Waals surface area contributed by atoms with E-state index < -0.39 is 5.97 Å². The molecule has 1 heterocycles. The summed E-state index contributed by atoms with van der Waals surface area (Å²) >= 11 is 1.43. The topological polar surface area (TPSA) is 80.9 Å². The van der Waals surface area contributed by atoms with E-state index in [1.54, 1.807) is 22.9 Å². The van der Waals surface area contributed by atoms with Crippen molar-refractivity contribution < 1.29 is 9.90 Å². The van der Waals surface area contributed by atoms with E-state index in [9.17, 15) is 4.79 Å². The van der Waals surface area contributed by atoms with Gasteiger partial charge in [-0.1, -0.05) is 19.1 Å². The van der Waals surface area contributed by atoms with Crippen molar-refractivity contribution in [2.24, 2.45) is 0 Å². The number of nitrogens with zero attached hydrogens (tertiary/aromatic N) is 4. The molecule has 0 fully saturated rings. The Balaban J connectivity index is 2.10. The first kappa shape index (κ1) is 13.5. The van der Waals surface area contributed by atoms with Crippen LogP contribution in [0.4, 0.5) is 0 Å². The maximum atomic E-state index is 11.1. The fourth-order valence-electron chi connectivity index (χ4n) is 1.62. The summed E-state index contributed by atoms with van der Waals surface area (Å²) in [4.78, 5) is 11.8. The molecule has 2 aromatic rings. The zero-order chi connectivity index (χ0) is 13.7. The quantitative estimate of drug-likeness (QED) is 0.815. The number of benzene rings is 1. The van der Waals surface area contributed by atoms with Gasteiger partial charge >= 0.3 is 5.97 Å². The number of aromatic nitrogens is 4. The highest BCUT2D eigenvalue weighted by molar-refractivity contribution is 7.98. The Hall–Kier alpha value is -1.89. The number of thioether (sulfide) groups is 1. The van der Waals surface area contributed by atoms with Crippen LogP contribution < -0.4 is 0 Å². The number of hydrogen-bond donors (Lipinski definition) is 1. The predicted octanol–water partition coefficient (Wildman–Crippen LogP) is 2.07. The summed E-state index contributed by atoms with van der Waals surface area (Å²) in [5, 5.41) is 20.6. The Morgan fingerprint density at radius 2 is 2.21 bits per heavy atom. The predicted molar refractivity (Wildman–Crippen MR) is 71.1 cm³/mol. The number of carbonyl (C=O) groups is 1. The second kappa shape index (κ2) is 6.33. The van der Waals surface area contributed by atoms with Gasteiger partial charge in [0.2, 0.25) is 0 Å². The van der Waals surface area contributed by atoms with Crippen LogP contribution in [-0.4, -0.2) is 31.3 Å². The summed E-state index contributed by atoms with van der Waals surface area (Å²) < 4.78 is 1.75. The van der Waals surface area contributed by atoms with Gasteiger partial charge in [0.1, 0.15) is 0 Å². The van der Waals surface area contributed by atoms with Crippen molar-refractivity contribution in [2.45, 2.75) is 30.5 Å². The molecule has 0 saturated carbocycles. The lowest BCUT2D eigenvalue weighted by Gasteiger charge is -2.05. The second-order valence-corrected chi connectivity index (χ2v) is 4.93. The van der Waals surface area contributed by atoms with Gasteiger partial charge in [0.15, 0.2) is 5.82 Å². The van der Waals surface area contributed by atoms with Crippen molar-refractivity contribution in [3.63, 3.8) is 0 Å². The summed E-state index contributed by atoms with van der Waals surface area (Å²) in [5.41, 5.74) is 0.307. The molecule has 6 nitrogen and oxygen atoms in total. The van der Waals surface area contributed by atoms with E-state index in [4.69, 9.17) is 5.11 Å². The van der Waals surface area contributed by atoms with Crippen LogP contribution in [0.1, 0.15) is 29.5 Å². The first-order valence-electron chi connectivity index (χ1n) is 5.92. The number of rotatable bonds is 6. The Labute approximate surface area is 114 Å². The van der Waals surface area contributed by atoms with Gasteiger partial charge in [0, 0.05) is 11.4 Å². The van der Waals surface area contributed by atoms with Gasteiger partial charge in [-0.2, -0.15) is 0 Å². The van der Waals surface area contributed by atoms with E-state index in [-0.39, 0.29) is 0 Å². The molecule has 0 bridgehead atoms. The molecular formula is C12H14N4O2S. The molecule has 0 atom stereocenters. The molecule has 0 saturated heterocycles. The molecule has 0 aliphatic heterocycles. The smallest absolute Gasteiger partial charge is 0.336 e. The number of carboxylic acids is 1. The fraction of sp³-hybridized carbons (Fsp3) is 0.333. The maximum Gasteiger partial charge on any atom is 0.336 e. The van der Waals surface area contributed by atoms with E-state index in [0.29, 0.717) is 11.3 Å². The zero-order valence-electron chi connectivity index (χ0n) is 10.5. The highest BCUT2D eigenvalue weighted by Gasteiger charge is 2.11. The normalized spacial score (nSPS) is 10.6. The van der Waals surface area contributed by atoms with Crippen LogP contribution in [0.3, 0.4) is 0 Å². The molecule has 0 amide bonds. The van der Waals surface area contributed by atoms with Crippen LogP contribution in [-0.2, 0) is 12.3 Å². The molecule has 0 unspecified atom stereocenters. The summed E-state index contributed by atoms with van der Waals surface area (Å²) in [5.74, 6) is 0.389. The Morgan fingerprint density at radius 3 is 2.95 bits per heavy atom. The van der Waals surface area contributed by atoms with Gasteiger partial charge in [-0.3, -0.25) is 0 Å². The molecule has 0 aliphatic carbocycles. The second-order valence-electron chi connectivity index (χ2n) is 3.91. The van der Waals surface area contributed by atoms with Crippen molar-refractivity contribution in [1.29, 1.82) is 0 Å². The summed E-state index contributed by atoms with van der Waals surface area (Å²) in [6, 6.07) is 6.93. The molecule has 1 aromatic carbocycles. The van der Waals surface area contributed by atoms with Crippen molar-refractivity contribution in [3.05, 3.63) is 35.7 Å². The standard InChI is InChI=1S/C12H14N4O2S/c1-2-7-16-11(13-14-15-16)8-19-10-6-4-3-5-9(10)12(17)18/h3-6H,2,7-8H2,1H3,(H,17,18). The van der Waals surface area contributed by atoms with Gasteiger partial charge in [-0.05, 0) is 29.0 Å². The van der Waals surface area contributed by atoms with Gasteiger partial charge in [0.25, 0.3) is 0 Å². The van der Waals surface area contributed by atoms with Crippen LogP contribution in [0.5, 0.6) is 0 Å². The van der Waals surface area contributed by atoms with E-state index in [1.165, 1.54) is 11.8 Å². The molecule has 7 heteroatoms. The molecule has 0 radical (unpaired) electrons. The van der Waals surface area contributed by atoms with Gasteiger partial charge in [-0.15, -0.1) is 16.9 Å². The average Bonchev–Trinajstić information content (AvgIpc) is 2.84. The Morgan fingerprint density at radius 1 is 1.42 bits per heavy atom. The minimum Gasteiger partial charge on any atom is -0.478 e. The Kier molecular flexibility index (Phi) is 4.51. The minimum atomic E-state index is -0.920. The average molecular weight is 278 g/mol. The monoisotopic (exact) mass is 278 g/mol. The first-order valence-corrected chi connectivity index (χ1v) is 6.91. The maximum absolute atomic E-state index is 11.1. The number of tetrazole rings is 1. The molecule has 1 aromatic heterocycles. The SMILES string of the molecule is CCCn1nnnc1CSc1ccccc1C(=O)O. The van der Waals surface area contributed by atoms with Crippen LogP contribution >= 0.6 is 11.8 Å². The number of carboxylic acid groups (broad SMARTS) is 1. The van der Waals surface area contributed by atoms with Crippen molar-refractivity contribution in [3.8, 4) is 0 Å². The summed E-state index contributed by atoms with van der Waals surface area (Å²) in [7, 11) is 0. The summed E-state index contributed by atoms with van der Waals surface area (Å²) in [6.07, 6.45) is 0.953. The summed E-state index contributed by atoms with van der Waals surface area (Å²) in [6.45, 7) is 2.82. The molecule has 2 rings (SSSR count). The molecule has 0 spiro atoms. The van der Waals surface area contributed by atoms with Gasteiger partial charge in [0.05, 0.1) is 11.3 Å². The molecular weight excluding hydrogens is 264 g/mol. The number of aromatic carboxylic acids is 1. The van der Waals surface area contributed by atoms with E-state index in [1.807, 2.05) is 6.07 Å². The van der Waals surface area contributed by atoms with Crippen LogP contribution in [0.2, 0.25) is 0 Å². The third kappa shape index (κ3) is 3.31. The van der Waals surface area contributed by atoms with Crippen LogP contribution in [0, 0.1) is 0 Å². The zero-order valence-corrected chi connectivity index (χ0v) is 11.3. The third-order valence-electron chi connectivity index (χ3n) is 2.52. The van der Waals surface area contributed by atoms with E-state index in [2.05, 4.69) is 22.4 Å². The lowest BCUT2D eigenvalue weighted by atomic mass is 10.2. The minimum absolute atomic E-state index is 0.307. The van der Waals surface area contributed by atoms with Gasteiger partial charge < -0.3 is 5.11 Å². The van der Waals surface area contributed by atoms with Crippen molar-refractivity contribution >= 4 is 17.7 Å². The fourth-order valence-corrected chi connectivity index (χ4v) is 2.60. The van der Waals surface area contributed by atoms with Gasteiger partial charge in [-0.25, -0.2) is 9.48 Å². The van der Waals surface area contributed by atoms with E-state index >= 15 is 0 Å². The number of aryl methyl sites for hydroxylation is 1. The Bertz CT molecular complexity index is 570. The third-order valence-corrected chi connectivity index (χ3v) is 3.59.